The summed E-state index contributed by atoms with van der Waals surface area (Å²) >= 11 is 0. The predicted molar refractivity (Wildman–Crippen MR) is 148 cm³/mol. The molecule has 0 radical (unpaired) electrons. The number of hydroxylamine groups is 1. The molecule has 40 heavy (non-hydrogen) atoms. The van der Waals surface area contributed by atoms with E-state index < -0.39 is 30.1 Å². The predicted octanol–water partition coefficient (Wildman–Crippen LogP) is 5.44. The van der Waals surface area contributed by atoms with E-state index in [9.17, 15) is 19.5 Å². The molecule has 9 heteroatoms. The first-order chi connectivity index (χ1) is 19.5. The van der Waals surface area contributed by atoms with E-state index >= 15 is 0 Å². The van der Waals surface area contributed by atoms with Crippen LogP contribution in [0.2, 0.25) is 0 Å². The van der Waals surface area contributed by atoms with Crippen LogP contribution in [0, 0.1) is 0 Å². The third-order valence-corrected chi connectivity index (χ3v) is 6.09. The highest BCUT2D eigenvalue weighted by Gasteiger charge is 2.31. The Morgan fingerprint density at radius 2 is 1.48 bits per heavy atom. The van der Waals surface area contributed by atoms with Gasteiger partial charge in [0.1, 0.15) is 17.6 Å². The maximum absolute atomic E-state index is 13.1. The summed E-state index contributed by atoms with van der Waals surface area (Å²) in [6.07, 6.45) is 0.543. The highest BCUT2D eigenvalue weighted by Crippen LogP contribution is 2.36. The number of carbonyl (C=O) groups is 3. The summed E-state index contributed by atoms with van der Waals surface area (Å²) in [5.41, 5.74) is 2.37. The number of ether oxygens (including phenoxy) is 2. The summed E-state index contributed by atoms with van der Waals surface area (Å²) in [7, 11) is 0. The molecule has 0 aliphatic heterocycles. The Kier molecular flexibility index (Phi) is 9.47. The van der Waals surface area contributed by atoms with Crippen LogP contribution in [-0.4, -0.2) is 34.3 Å². The van der Waals surface area contributed by atoms with E-state index in [0.29, 0.717) is 28.5 Å². The molecule has 0 unspecified atom stereocenters. The number of allylic oxidation sites excluding steroid dienone is 1. The largest absolute Gasteiger partial charge is 0.507 e. The zero-order valence-corrected chi connectivity index (χ0v) is 21.4. The van der Waals surface area contributed by atoms with Crippen LogP contribution in [0.15, 0.2) is 109 Å². The van der Waals surface area contributed by atoms with E-state index in [1.54, 1.807) is 91.0 Å². The molecule has 0 heterocycles. The molecular weight excluding hydrogens is 512 g/mol. The maximum atomic E-state index is 13.1. The van der Waals surface area contributed by atoms with Crippen molar-refractivity contribution in [2.75, 3.05) is 0 Å². The number of imide groups is 1. The number of para-hydroxylation sites is 1. The minimum absolute atomic E-state index is 0.0558. The van der Waals surface area contributed by atoms with Crippen molar-refractivity contribution in [2.45, 2.75) is 25.0 Å². The Hall–Kier alpha value is -5.15. The molecule has 4 aromatic rings. The van der Waals surface area contributed by atoms with Crippen LogP contribution in [0.1, 0.15) is 34.9 Å². The summed E-state index contributed by atoms with van der Waals surface area (Å²) in [5.74, 6) is -0.739. The third kappa shape index (κ3) is 7.24. The third-order valence-electron chi connectivity index (χ3n) is 6.09. The molecule has 4 N–H and O–H groups in total. The lowest BCUT2D eigenvalue weighted by molar-refractivity contribution is -0.124. The number of amides is 3. The standard InChI is InChI=1S/C31H28N2O7/c34-26-20-19-25(23-15-7-8-16-24(23)26)29(40-31(37)32-30(36)21-11-3-1-4-12-21)27(17-9-10-18-28(35)33-38)39-22-13-5-2-6-14-22/h1-8,10-16,18-20,27,29,34,38H,9,17H2,(H,33,35)(H,32,36,37)/b18-10+/t27-,29-/m1/s1. The van der Waals surface area contributed by atoms with Crippen LogP contribution < -0.4 is 15.5 Å². The summed E-state index contributed by atoms with van der Waals surface area (Å²) < 4.78 is 12.2. The molecule has 4 rings (SSSR count). The molecular formula is C31H28N2O7. The van der Waals surface area contributed by atoms with Gasteiger partial charge in [-0.2, -0.15) is 0 Å². The minimum Gasteiger partial charge on any atom is -0.507 e. The Morgan fingerprint density at radius 3 is 2.17 bits per heavy atom. The van der Waals surface area contributed by atoms with Crippen LogP contribution in [0.5, 0.6) is 11.5 Å². The van der Waals surface area contributed by atoms with Gasteiger partial charge in [-0.15, -0.1) is 0 Å². The Labute approximate surface area is 230 Å². The van der Waals surface area contributed by atoms with Crippen molar-refractivity contribution >= 4 is 28.7 Å². The molecule has 3 amide bonds. The minimum atomic E-state index is -1.03. The fraction of sp³-hybridized carbons (Fsp3) is 0.129. The fourth-order valence-corrected chi connectivity index (χ4v) is 4.23. The summed E-state index contributed by atoms with van der Waals surface area (Å²) in [4.78, 5) is 37.2. The van der Waals surface area contributed by atoms with E-state index in [1.807, 2.05) is 6.07 Å². The highest BCUT2D eigenvalue weighted by molar-refractivity contribution is 6.03. The Morgan fingerprint density at radius 1 is 0.825 bits per heavy atom. The molecule has 0 aliphatic rings. The number of benzene rings is 4. The number of hydrogen-bond donors (Lipinski definition) is 4. The number of phenolic OH excluding ortho intramolecular Hbond substituents is 1. The van der Waals surface area contributed by atoms with Gasteiger partial charge in [0.2, 0.25) is 0 Å². The monoisotopic (exact) mass is 540 g/mol. The number of alkyl carbamates (subject to hydrolysis) is 1. The molecule has 0 aromatic heterocycles. The molecule has 0 aliphatic carbocycles. The Bertz CT molecular complexity index is 1490. The molecule has 2 atom stereocenters. The molecule has 0 fully saturated rings. The van der Waals surface area contributed by atoms with Gasteiger partial charge in [-0.3, -0.25) is 20.1 Å². The van der Waals surface area contributed by atoms with E-state index in [0.717, 1.165) is 0 Å². The average molecular weight is 541 g/mol. The van der Waals surface area contributed by atoms with Crippen molar-refractivity contribution in [3.63, 3.8) is 0 Å². The van der Waals surface area contributed by atoms with E-state index in [-0.39, 0.29) is 17.7 Å². The second kappa shape index (κ2) is 13.6. The molecule has 0 bridgehead atoms. The molecule has 0 spiro atoms. The van der Waals surface area contributed by atoms with Gasteiger partial charge in [-0.25, -0.2) is 10.3 Å². The summed E-state index contributed by atoms with van der Waals surface area (Å²) in [5, 5.41) is 22.7. The maximum Gasteiger partial charge on any atom is 0.414 e. The lowest BCUT2D eigenvalue weighted by atomic mass is 9.94. The van der Waals surface area contributed by atoms with E-state index in [1.165, 1.54) is 17.6 Å². The number of phenols is 1. The van der Waals surface area contributed by atoms with Gasteiger partial charge in [0.05, 0.1) is 0 Å². The Balaban J connectivity index is 1.70. The molecule has 0 saturated heterocycles. The van der Waals surface area contributed by atoms with Crippen molar-refractivity contribution in [3.8, 4) is 11.5 Å². The van der Waals surface area contributed by atoms with Crippen molar-refractivity contribution in [3.05, 3.63) is 120 Å². The quantitative estimate of drug-likeness (QED) is 0.119. The van der Waals surface area contributed by atoms with Gasteiger partial charge < -0.3 is 14.6 Å². The first kappa shape index (κ1) is 27.9. The lowest BCUT2D eigenvalue weighted by Crippen LogP contribution is -2.36. The fourth-order valence-electron chi connectivity index (χ4n) is 4.23. The molecule has 204 valence electrons. The number of nitrogens with one attached hydrogen (secondary N) is 2. The summed E-state index contributed by atoms with van der Waals surface area (Å²) in [6.45, 7) is 0. The normalized spacial score (nSPS) is 12.4. The van der Waals surface area contributed by atoms with Gasteiger partial charge in [-0.1, -0.05) is 72.8 Å². The second-order valence-corrected chi connectivity index (χ2v) is 8.79. The SMILES string of the molecule is O=C(/C=C/CC[C@@H](Oc1ccccc1)[C@H](OC(=O)NC(=O)c1ccccc1)c1ccc(O)c2ccccc12)NO. The smallest absolute Gasteiger partial charge is 0.414 e. The van der Waals surface area contributed by atoms with E-state index in [2.05, 4.69) is 5.32 Å². The molecule has 4 aromatic carbocycles. The number of fused-ring (bicyclic) bond motifs is 1. The summed E-state index contributed by atoms with van der Waals surface area (Å²) in [6, 6.07) is 27.5. The van der Waals surface area contributed by atoms with Crippen LogP contribution in [0.25, 0.3) is 10.8 Å². The van der Waals surface area contributed by atoms with Crippen LogP contribution in [0.3, 0.4) is 0 Å². The van der Waals surface area contributed by atoms with Gasteiger partial charge in [0.15, 0.2) is 6.10 Å². The van der Waals surface area contributed by atoms with Crippen molar-refractivity contribution in [1.82, 2.24) is 10.8 Å². The van der Waals surface area contributed by atoms with Gasteiger partial charge in [0, 0.05) is 22.6 Å². The van der Waals surface area contributed by atoms with Gasteiger partial charge in [-0.05, 0) is 48.6 Å². The van der Waals surface area contributed by atoms with E-state index in [4.69, 9.17) is 14.7 Å². The number of carbonyl (C=O) groups excluding carboxylic acids is 3. The molecule has 9 nitrogen and oxygen atoms in total. The number of hydrogen-bond acceptors (Lipinski definition) is 7. The zero-order chi connectivity index (χ0) is 28.3. The van der Waals surface area contributed by atoms with Crippen molar-refractivity contribution in [1.29, 1.82) is 0 Å². The zero-order valence-electron chi connectivity index (χ0n) is 21.4. The lowest BCUT2D eigenvalue weighted by Gasteiger charge is -2.29. The van der Waals surface area contributed by atoms with Crippen LogP contribution >= 0.6 is 0 Å². The number of rotatable bonds is 10. The van der Waals surface area contributed by atoms with Crippen molar-refractivity contribution in [2.24, 2.45) is 0 Å². The van der Waals surface area contributed by atoms with Gasteiger partial charge in [0.25, 0.3) is 11.8 Å². The van der Waals surface area contributed by atoms with Gasteiger partial charge >= 0.3 is 6.09 Å². The van der Waals surface area contributed by atoms with Crippen LogP contribution in [-0.2, 0) is 9.53 Å². The molecule has 0 saturated carbocycles. The van der Waals surface area contributed by atoms with Crippen LogP contribution in [0.4, 0.5) is 4.79 Å². The first-order valence-corrected chi connectivity index (χ1v) is 12.6. The first-order valence-electron chi connectivity index (χ1n) is 12.6. The number of aromatic hydroxyl groups is 1. The second-order valence-electron chi connectivity index (χ2n) is 8.79. The topological polar surface area (TPSA) is 134 Å². The average Bonchev–Trinajstić information content (AvgIpc) is 2.99. The van der Waals surface area contributed by atoms with Crippen molar-refractivity contribution < 1.29 is 34.2 Å². The highest BCUT2D eigenvalue weighted by atomic mass is 16.6.